The van der Waals surface area contributed by atoms with Gasteiger partial charge in [0, 0.05) is 13.0 Å². The van der Waals surface area contributed by atoms with E-state index in [0.29, 0.717) is 13.0 Å². The van der Waals surface area contributed by atoms with Crippen LogP contribution in [0.25, 0.3) is 0 Å². The van der Waals surface area contributed by atoms with E-state index in [-0.39, 0.29) is 11.9 Å². The Morgan fingerprint density at radius 3 is 2.92 bits per heavy atom. The minimum Gasteiger partial charge on any atom is -0.468 e. The van der Waals surface area contributed by atoms with Crippen LogP contribution in [0, 0.1) is 0 Å². The molecule has 0 spiro atoms. The molecule has 3 rings (SSSR count). The maximum absolute atomic E-state index is 12.6. The van der Waals surface area contributed by atoms with Gasteiger partial charge in [-0.15, -0.1) is 11.3 Å². The van der Waals surface area contributed by atoms with E-state index in [1.807, 2.05) is 48.6 Å². The molecule has 6 nitrogen and oxygen atoms in total. The van der Waals surface area contributed by atoms with E-state index in [1.165, 1.54) is 0 Å². The van der Waals surface area contributed by atoms with Gasteiger partial charge in [-0.05, 0) is 44.6 Å². The lowest BCUT2D eigenvalue weighted by atomic mass is 9.98. The zero-order valence-electron chi connectivity index (χ0n) is 14.0. The third-order valence-electron chi connectivity index (χ3n) is 4.10. The van der Waals surface area contributed by atoms with Gasteiger partial charge in [-0.3, -0.25) is 9.69 Å². The molecule has 128 valence electrons. The molecule has 0 aromatic carbocycles. The Balaban J connectivity index is 1.61. The monoisotopic (exact) mass is 347 g/mol. The summed E-state index contributed by atoms with van der Waals surface area (Å²) in [5.74, 6) is 0.643. The summed E-state index contributed by atoms with van der Waals surface area (Å²) in [6.45, 7) is 2.20. The first kappa shape index (κ1) is 16.7. The van der Waals surface area contributed by atoms with Crippen molar-refractivity contribution in [3.8, 4) is 0 Å². The van der Waals surface area contributed by atoms with E-state index in [9.17, 15) is 4.79 Å². The summed E-state index contributed by atoms with van der Waals surface area (Å²) < 4.78 is 5.46. The average Bonchev–Trinajstić information content (AvgIpc) is 3.28. The van der Waals surface area contributed by atoms with Crippen molar-refractivity contribution in [3.05, 3.63) is 46.5 Å². The summed E-state index contributed by atoms with van der Waals surface area (Å²) in [6, 6.07) is 7.66. The van der Waals surface area contributed by atoms with Gasteiger partial charge in [-0.1, -0.05) is 11.2 Å². The van der Waals surface area contributed by atoms with Gasteiger partial charge in [0.25, 0.3) is 5.91 Å². The number of amides is 1. The maximum Gasteiger partial charge on any atom is 0.267 e. The van der Waals surface area contributed by atoms with E-state index < -0.39 is 5.60 Å². The molecule has 0 saturated carbocycles. The lowest BCUT2D eigenvalue weighted by Crippen LogP contribution is -2.47. The smallest absolute Gasteiger partial charge is 0.267 e. The van der Waals surface area contributed by atoms with Crippen molar-refractivity contribution in [2.45, 2.75) is 25.0 Å². The van der Waals surface area contributed by atoms with Gasteiger partial charge in [0.2, 0.25) is 5.60 Å². The SMILES string of the molecule is CN(C)[C@@H](CNC(=O)[C@@]1(C)CC(c2cccs2)=NO1)c1ccco1. The molecule has 1 amide bonds. The topological polar surface area (TPSA) is 67.1 Å². The van der Waals surface area contributed by atoms with Gasteiger partial charge in [0.1, 0.15) is 11.5 Å². The second kappa shape index (κ2) is 6.78. The molecule has 7 heteroatoms. The highest BCUT2D eigenvalue weighted by atomic mass is 32.1. The molecule has 1 aliphatic heterocycles. The number of hydrogen-bond acceptors (Lipinski definition) is 6. The highest BCUT2D eigenvalue weighted by Gasteiger charge is 2.42. The van der Waals surface area contributed by atoms with Crippen LogP contribution in [0.3, 0.4) is 0 Å². The average molecular weight is 347 g/mol. The van der Waals surface area contributed by atoms with E-state index >= 15 is 0 Å². The number of nitrogens with zero attached hydrogens (tertiary/aromatic N) is 2. The summed E-state index contributed by atoms with van der Waals surface area (Å²) in [4.78, 5) is 21.1. The van der Waals surface area contributed by atoms with Crippen molar-refractivity contribution in [2.75, 3.05) is 20.6 Å². The van der Waals surface area contributed by atoms with E-state index in [1.54, 1.807) is 24.5 Å². The minimum atomic E-state index is -0.973. The number of thiophene rings is 1. The molecule has 0 radical (unpaired) electrons. The zero-order valence-corrected chi connectivity index (χ0v) is 14.8. The molecule has 24 heavy (non-hydrogen) atoms. The number of nitrogens with one attached hydrogen (secondary N) is 1. The standard InChI is InChI=1S/C17H21N3O3S/c1-17(10-12(19-23-17)15-7-5-9-24-15)16(21)18-11-13(20(2)3)14-6-4-8-22-14/h4-9,13H,10-11H2,1-3H3,(H,18,21)/t13-,17+/m0/s1. The first-order chi connectivity index (χ1) is 11.5. The number of rotatable bonds is 6. The maximum atomic E-state index is 12.6. The van der Waals surface area contributed by atoms with Crippen LogP contribution < -0.4 is 5.32 Å². The molecular formula is C17H21N3O3S. The van der Waals surface area contributed by atoms with Crippen molar-refractivity contribution in [3.63, 3.8) is 0 Å². The Labute approximate surface area is 145 Å². The van der Waals surface area contributed by atoms with Gasteiger partial charge in [0.15, 0.2) is 0 Å². The fraction of sp³-hybridized carbons (Fsp3) is 0.412. The first-order valence-electron chi connectivity index (χ1n) is 7.76. The summed E-state index contributed by atoms with van der Waals surface area (Å²) in [7, 11) is 3.90. The second-order valence-corrected chi connectivity index (χ2v) is 7.17. The molecule has 0 unspecified atom stereocenters. The van der Waals surface area contributed by atoms with Gasteiger partial charge in [-0.25, -0.2) is 0 Å². The Morgan fingerprint density at radius 2 is 2.29 bits per heavy atom. The molecule has 1 N–H and O–H groups in total. The number of carbonyl (C=O) groups excluding carboxylic acids is 1. The van der Waals surface area contributed by atoms with Crippen molar-refractivity contribution in [1.29, 1.82) is 0 Å². The van der Waals surface area contributed by atoms with Crippen molar-refractivity contribution in [2.24, 2.45) is 5.16 Å². The van der Waals surface area contributed by atoms with Gasteiger partial charge >= 0.3 is 0 Å². The minimum absolute atomic E-state index is 0.0355. The van der Waals surface area contributed by atoms with Crippen LogP contribution in [0.4, 0.5) is 0 Å². The Morgan fingerprint density at radius 1 is 1.46 bits per heavy atom. The van der Waals surface area contributed by atoms with Gasteiger partial charge in [0.05, 0.1) is 17.2 Å². The quantitative estimate of drug-likeness (QED) is 0.872. The predicted octanol–water partition coefficient (Wildman–Crippen LogP) is 2.64. The Hall–Kier alpha value is -2.12. The fourth-order valence-corrected chi connectivity index (χ4v) is 3.34. The Kier molecular flexibility index (Phi) is 4.73. The normalized spacial score (nSPS) is 21.4. The molecule has 0 saturated heterocycles. The van der Waals surface area contributed by atoms with Gasteiger partial charge < -0.3 is 14.6 Å². The summed E-state index contributed by atoms with van der Waals surface area (Å²) in [6.07, 6.45) is 2.10. The lowest BCUT2D eigenvalue weighted by molar-refractivity contribution is -0.141. The van der Waals surface area contributed by atoms with E-state index in [2.05, 4.69) is 10.5 Å². The first-order valence-corrected chi connectivity index (χ1v) is 8.64. The van der Waals surface area contributed by atoms with Crippen LogP contribution in [-0.2, 0) is 9.63 Å². The predicted molar refractivity (Wildman–Crippen MR) is 93.1 cm³/mol. The number of hydrogen-bond donors (Lipinski definition) is 1. The largest absolute Gasteiger partial charge is 0.468 e. The molecule has 0 aliphatic carbocycles. The van der Waals surface area contributed by atoms with Crippen LogP contribution in [0.5, 0.6) is 0 Å². The summed E-state index contributed by atoms with van der Waals surface area (Å²) in [5, 5.41) is 9.05. The highest BCUT2D eigenvalue weighted by molar-refractivity contribution is 7.12. The highest BCUT2D eigenvalue weighted by Crippen LogP contribution is 2.28. The van der Waals surface area contributed by atoms with Crippen LogP contribution in [0.2, 0.25) is 0 Å². The lowest BCUT2D eigenvalue weighted by Gasteiger charge is -2.25. The molecular weight excluding hydrogens is 326 g/mol. The molecule has 2 atom stereocenters. The van der Waals surface area contributed by atoms with E-state index in [4.69, 9.17) is 9.25 Å². The molecule has 3 heterocycles. The molecule has 0 fully saturated rings. The third kappa shape index (κ3) is 3.37. The molecule has 2 aromatic rings. The van der Waals surface area contributed by atoms with Crippen LogP contribution in [0.15, 0.2) is 45.5 Å². The van der Waals surface area contributed by atoms with Crippen molar-refractivity contribution < 1.29 is 14.0 Å². The summed E-state index contributed by atoms with van der Waals surface area (Å²) in [5.41, 5.74) is -0.155. The van der Waals surface area contributed by atoms with Crippen LogP contribution >= 0.6 is 11.3 Å². The van der Waals surface area contributed by atoms with Crippen molar-refractivity contribution >= 4 is 23.0 Å². The molecule has 2 aromatic heterocycles. The molecule has 1 aliphatic rings. The van der Waals surface area contributed by atoms with Crippen molar-refractivity contribution in [1.82, 2.24) is 10.2 Å². The number of carbonyl (C=O) groups is 1. The number of likely N-dealkylation sites (N-methyl/N-ethyl adjacent to an activating group) is 1. The number of oxime groups is 1. The van der Waals surface area contributed by atoms with Gasteiger partial charge in [-0.2, -0.15) is 0 Å². The molecule has 0 bridgehead atoms. The second-order valence-electron chi connectivity index (χ2n) is 6.22. The van der Waals surface area contributed by atoms with Crippen LogP contribution in [0.1, 0.15) is 30.0 Å². The third-order valence-corrected chi connectivity index (χ3v) is 5.02. The van der Waals surface area contributed by atoms with Crippen LogP contribution in [-0.4, -0.2) is 42.8 Å². The summed E-state index contributed by atoms with van der Waals surface area (Å²) >= 11 is 1.59. The zero-order chi connectivity index (χ0) is 17.2. The number of furan rings is 1. The fourth-order valence-electron chi connectivity index (χ4n) is 2.63. The Bertz CT molecular complexity index is 710. The van der Waals surface area contributed by atoms with E-state index in [0.717, 1.165) is 16.3 Å².